The normalized spacial score (nSPS) is 11.0. The minimum atomic E-state index is -0.323. The Morgan fingerprint density at radius 2 is 2.00 bits per heavy atom. The Bertz CT molecular complexity index is 960. The van der Waals surface area contributed by atoms with E-state index in [1.807, 2.05) is 18.3 Å². The maximum Gasteiger partial charge on any atom is 0.271 e. The summed E-state index contributed by atoms with van der Waals surface area (Å²) in [6, 6.07) is 11.1. The summed E-state index contributed by atoms with van der Waals surface area (Å²) >= 11 is 0. The fourth-order valence-electron chi connectivity index (χ4n) is 2.84. The topological polar surface area (TPSA) is 75.7 Å². The van der Waals surface area contributed by atoms with Crippen molar-refractivity contribution in [3.05, 3.63) is 59.3 Å². The first-order chi connectivity index (χ1) is 12.7. The van der Waals surface area contributed by atoms with Gasteiger partial charge in [-0.05, 0) is 30.2 Å². The van der Waals surface area contributed by atoms with Gasteiger partial charge in [0.25, 0.3) is 5.91 Å². The van der Waals surface area contributed by atoms with Gasteiger partial charge in [0, 0.05) is 28.2 Å². The van der Waals surface area contributed by atoms with Gasteiger partial charge < -0.3 is 14.5 Å². The molecular formula is C20H21N3O3. The molecule has 26 heavy (non-hydrogen) atoms. The molecule has 0 saturated heterocycles. The second-order valence-electron chi connectivity index (χ2n) is 5.71. The van der Waals surface area contributed by atoms with Crippen LogP contribution in [0, 0.1) is 0 Å². The van der Waals surface area contributed by atoms with Gasteiger partial charge in [0.15, 0.2) is 11.5 Å². The van der Waals surface area contributed by atoms with Crippen LogP contribution in [0.5, 0.6) is 11.5 Å². The lowest BCUT2D eigenvalue weighted by Gasteiger charge is -2.08. The molecule has 2 aromatic carbocycles. The first-order valence-electron chi connectivity index (χ1n) is 8.32. The monoisotopic (exact) mass is 351 g/mol. The van der Waals surface area contributed by atoms with Crippen LogP contribution in [0.2, 0.25) is 0 Å². The van der Waals surface area contributed by atoms with Gasteiger partial charge in [0.05, 0.1) is 20.4 Å². The van der Waals surface area contributed by atoms with Gasteiger partial charge in [0.2, 0.25) is 0 Å². The second-order valence-corrected chi connectivity index (χ2v) is 5.71. The molecule has 3 rings (SSSR count). The highest BCUT2D eigenvalue weighted by molar-refractivity contribution is 6.01. The predicted octanol–water partition coefficient (Wildman–Crippen LogP) is 3.51. The molecule has 0 unspecified atom stereocenters. The van der Waals surface area contributed by atoms with Crippen molar-refractivity contribution in [2.24, 2.45) is 5.10 Å². The number of carbonyl (C=O) groups is 1. The highest BCUT2D eigenvalue weighted by Gasteiger charge is 2.10. The molecule has 134 valence electrons. The van der Waals surface area contributed by atoms with Crippen LogP contribution in [0.3, 0.4) is 0 Å². The van der Waals surface area contributed by atoms with E-state index in [4.69, 9.17) is 9.47 Å². The van der Waals surface area contributed by atoms with Crippen LogP contribution in [-0.2, 0) is 6.42 Å². The number of benzene rings is 2. The Morgan fingerprint density at radius 3 is 2.73 bits per heavy atom. The average molecular weight is 351 g/mol. The number of carbonyl (C=O) groups excluding carboxylic acids is 1. The summed E-state index contributed by atoms with van der Waals surface area (Å²) in [5.74, 6) is 0.738. The molecule has 6 nitrogen and oxygen atoms in total. The number of methoxy groups -OCH3 is 2. The summed E-state index contributed by atoms with van der Waals surface area (Å²) in [6.07, 6.45) is 4.47. The zero-order valence-electron chi connectivity index (χ0n) is 15.0. The number of hydrogen-bond acceptors (Lipinski definition) is 4. The number of nitrogens with one attached hydrogen (secondary N) is 2. The van der Waals surface area contributed by atoms with E-state index in [-0.39, 0.29) is 5.91 Å². The second kappa shape index (κ2) is 7.74. The summed E-state index contributed by atoms with van der Waals surface area (Å²) < 4.78 is 10.4. The van der Waals surface area contributed by atoms with Crippen molar-refractivity contribution in [1.82, 2.24) is 10.4 Å². The number of nitrogens with zero attached hydrogens (tertiary/aromatic N) is 1. The first kappa shape index (κ1) is 17.5. The lowest BCUT2D eigenvalue weighted by Crippen LogP contribution is -2.17. The standard InChI is InChI=1S/C20H21N3O3/c1-4-13-6-5-7-16-15(11-21-19(13)16)12-22-23-20(24)14-8-9-17(25-2)18(10-14)26-3/h5-12,21H,4H2,1-3H3,(H,23,24). The van der Waals surface area contributed by atoms with Crippen molar-refractivity contribution in [2.45, 2.75) is 13.3 Å². The number of aromatic nitrogens is 1. The minimum Gasteiger partial charge on any atom is -0.493 e. The smallest absolute Gasteiger partial charge is 0.271 e. The fourth-order valence-corrected chi connectivity index (χ4v) is 2.84. The SMILES string of the molecule is CCc1cccc2c(C=NNC(=O)c3ccc(OC)c(OC)c3)c[nH]c12. The van der Waals surface area contributed by atoms with E-state index in [1.165, 1.54) is 12.7 Å². The van der Waals surface area contributed by atoms with Crippen LogP contribution in [0.1, 0.15) is 28.4 Å². The van der Waals surface area contributed by atoms with Crippen LogP contribution >= 0.6 is 0 Å². The highest BCUT2D eigenvalue weighted by Crippen LogP contribution is 2.27. The molecule has 0 aliphatic heterocycles. The summed E-state index contributed by atoms with van der Waals surface area (Å²) in [5, 5.41) is 5.15. The number of H-pyrrole nitrogens is 1. The Hall–Kier alpha value is -3.28. The quantitative estimate of drug-likeness (QED) is 0.527. The van der Waals surface area contributed by atoms with E-state index in [0.29, 0.717) is 17.1 Å². The van der Waals surface area contributed by atoms with Crippen molar-refractivity contribution in [3.63, 3.8) is 0 Å². The lowest BCUT2D eigenvalue weighted by molar-refractivity contribution is 0.0954. The van der Waals surface area contributed by atoms with Crippen molar-refractivity contribution < 1.29 is 14.3 Å². The molecule has 0 aliphatic rings. The third kappa shape index (κ3) is 3.39. The van der Waals surface area contributed by atoms with Crippen molar-refractivity contribution in [3.8, 4) is 11.5 Å². The molecule has 1 aromatic heterocycles. The molecule has 0 atom stereocenters. The number of fused-ring (bicyclic) bond motifs is 1. The molecule has 1 heterocycles. The van der Waals surface area contributed by atoms with Gasteiger partial charge in [-0.1, -0.05) is 25.1 Å². The highest BCUT2D eigenvalue weighted by atomic mass is 16.5. The van der Waals surface area contributed by atoms with Gasteiger partial charge in [-0.2, -0.15) is 5.10 Å². The number of hydrazone groups is 1. The third-order valence-electron chi connectivity index (χ3n) is 4.23. The van der Waals surface area contributed by atoms with Crippen molar-refractivity contribution in [2.75, 3.05) is 14.2 Å². The zero-order chi connectivity index (χ0) is 18.5. The lowest BCUT2D eigenvalue weighted by atomic mass is 10.1. The van der Waals surface area contributed by atoms with E-state index in [1.54, 1.807) is 31.5 Å². The molecule has 0 saturated carbocycles. The summed E-state index contributed by atoms with van der Waals surface area (Å²) in [5.41, 5.74) is 6.24. The molecule has 0 spiro atoms. The van der Waals surface area contributed by atoms with Crippen LogP contribution < -0.4 is 14.9 Å². The first-order valence-corrected chi connectivity index (χ1v) is 8.32. The molecule has 0 radical (unpaired) electrons. The van der Waals surface area contributed by atoms with Gasteiger partial charge >= 0.3 is 0 Å². The van der Waals surface area contributed by atoms with Crippen LogP contribution in [0.4, 0.5) is 0 Å². The Morgan fingerprint density at radius 1 is 1.19 bits per heavy atom. The number of para-hydroxylation sites is 1. The molecule has 2 N–H and O–H groups in total. The summed E-state index contributed by atoms with van der Waals surface area (Å²) in [6.45, 7) is 2.12. The minimum absolute atomic E-state index is 0.323. The summed E-state index contributed by atoms with van der Waals surface area (Å²) in [4.78, 5) is 15.5. The third-order valence-corrected chi connectivity index (χ3v) is 4.23. The molecule has 0 aliphatic carbocycles. The number of aryl methyl sites for hydroxylation is 1. The van der Waals surface area contributed by atoms with E-state index in [9.17, 15) is 4.79 Å². The Kier molecular flexibility index (Phi) is 5.22. The van der Waals surface area contributed by atoms with Crippen molar-refractivity contribution >= 4 is 23.0 Å². The fraction of sp³-hybridized carbons (Fsp3) is 0.200. The molecule has 0 bridgehead atoms. The average Bonchev–Trinajstić information content (AvgIpc) is 3.10. The van der Waals surface area contributed by atoms with Crippen LogP contribution in [0.25, 0.3) is 10.9 Å². The van der Waals surface area contributed by atoms with Crippen LogP contribution in [0.15, 0.2) is 47.7 Å². The van der Waals surface area contributed by atoms with E-state index in [0.717, 1.165) is 22.9 Å². The van der Waals surface area contributed by atoms with Gasteiger partial charge in [-0.3, -0.25) is 4.79 Å². The van der Waals surface area contributed by atoms with Gasteiger partial charge in [-0.15, -0.1) is 0 Å². The maximum atomic E-state index is 12.3. The van der Waals surface area contributed by atoms with Crippen molar-refractivity contribution in [1.29, 1.82) is 0 Å². The number of amides is 1. The predicted molar refractivity (Wildman–Crippen MR) is 102 cm³/mol. The van der Waals surface area contributed by atoms with E-state index < -0.39 is 0 Å². The molecule has 3 aromatic rings. The Balaban J connectivity index is 1.76. The molecule has 0 fully saturated rings. The Labute approximate surface area is 151 Å². The summed E-state index contributed by atoms with van der Waals surface area (Å²) in [7, 11) is 3.08. The number of hydrogen-bond donors (Lipinski definition) is 2. The zero-order valence-corrected chi connectivity index (χ0v) is 15.0. The molecule has 6 heteroatoms. The largest absolute Gasteiger partial charge is 0.493 e. The van der Waals surface area contributed by atoms with E-state index in [2.05, 4.69) is 28.5 Å². The number of ether oxygens (including phenoxy) is 2. The van der Waals surface area contributed by atoms with E-state index >= 15 is 0 Å². The van der Waals surface area contributed by atoms with Crippen LogP contribution in [-0.4, -0.2) is 31.3 Å². The maximum absolute atomic E-state index is 12.3. The number of rotatable bonds is 6. The van der Waals surface area contributed by atoms with Gasteiger partial charge in [-0.25, -0.2) is 5.43 Å². The number of aromatic amines is 1. The van der Waals surface area contributed by atoms with Gasteiger partial charge in [0.1, 0.15) is 0 Å². The molecular weight excluding hydrogens is 330 g/mol. The molecule has 1 amide bonds.